The summed E-state index contributed by atoms with van der Waals surface area (Å²) < 4.78 is 0. The van der Waals surface area contributed by atoms with Crippen molar-refractivity contribution in [2.45, 2.75) is 0 Å². The van der Waals surface area contributed by atoms with Gasteiger partial charge in [0.1, 0.15) is 0 Å². The molecule has 60 nitrogen and oxygen atoms in total. The first-order valence-electron chi connectivity index (χ1n) is 0. The second kappa shape index (κ2) is 152000. The molecule has 0 atom stereocenters. The SMILES string of the molecule is O.O.O.O.O.O.O.O.O.O.O.O.O.O.O.O.O.O.O.O.O.O.O.O.O.O.O.O.O.O.O.O.O.O.O.O.O.O.O.O.O.O.O.O.O.O.O.O.O.O.O.O.O.O.O.O.O.O.O.O.[Ca+2].[H-].[H-]. The first kappa shape index (κ1) is 160000. The van der Waals surface area contributed by atoms with Gasteiger partial charge in [-0.25, -0.2) is 0 Å². The Hall–Kier alpha value is -1.14. The minimum Gasteiger partial charge on any atom is -1.00 e. The summed E-state index contributed by atoms with van der Waals surface area (Å²) in [6.45, 7) is 0. The maximum atomic E-state index is 0. The molecule has 0 rings (SSSR count). The Morgan fingerprint density at radius 3 is 0.0492 bits per heavy atom. The maximum Gasteiger partial charge on any atom is 2.00 e. The molecule has 0 bridgehead atoms. The molecule has 120 N–H and O–H groups in total. The van der Waals surface area contributed by atoms with Crippen molar-refractivity contribution in [2.24, 2.45) is 0 Å². The summed E-state index contributed by atoms with van der Waals surface area (Å²) in [5, 5.41) is 0. The zero-order valence-electron chi connectivity index (χ0n) is 32.7. The van der Waals surface area contributed by atoms with E-state index in [4.69, 9.17) is 0 Å². The van der Waals surface area contributed by atoms with Crippen LogP contribution in [0.15, 0.2) is 0 Å². The molecule has 0 saturated carbocycles. The summed E-state index contributed by atoms with van der Waals surface area (Å²) in [5.41, 5.74) is 0. The zero-order chi connectivity index (χ0) is 0. The third kappa shape index (κ3) is 146000. The van der Waals surface area contributed by atoms with Gasteiger partial charge in [0, 0.05) is 0 Å². The Balaban J connectivity index is 0. The summed E-state index contributed by atoms with van der Waals surface area (Å²) >= 11 is 0. The normalized spacial score (nSPS) is 0. The van der Waals surface area contributed by atoms with Crippen LogP contribution >= 0.6 is 0 Å². The summed E-state index contributed by atoms with van der Waals surface area (Å²) in [7, 11) is 0. The monoisotopic (exact) mass is 1120 g/mol. The fourth-order valence-electron chi connectivity index (χ4n) is 0. The van der Waals surface area contributed by atoms with E-state index >= 15 is 0 Å². The van der Waals surface area contributed by atoms with Gasteiger partial charge in [0.05, 0.1) is 0 Å². The van der Waals surface area contributed by atoms with Crippen LogP contribution in [0.3, 0.4) is 0 Å². The smallest absolute Gasteiger partial charge is 1.00 e. The van der Waals surface area contributed by atoms with Gasteiger partial charge >= 0.3 is 37.7 Å². The van der Waals surface area contributed by atoms with E-state index in [-0.39, 0.29) is 369 Å². The Bertz CT molecular complexity index is 20.2. The second-order valence-electron chi connectivity index (χ2n) is 0. The third-order valence-electron chi connectivity index (χ3n) is 0. The van der Waals surface area contributed by atoms with Crippen molar-refractivity contribution in [2.75, 3.05) is 0 Å². The molecule has 0 spiro atoms. The Morgan fingerprint density at radius 2 is 0.0492 bits per heavy atom. The number of hydrogen-bond acceptors (Lipinski definition) is 0. The van der Waals surface area contributed by atoms with Crippen molar-refractivity contribution in [1.29, 1.82) is 0 Å². The van der Waals surface area contributed by atoms with Crippen LogP contribution in [-0.2, 0) is 0 Å². The largest absolute Gasteiger partial charge is 2.00 e. The van der Waals surface area contributed by atoms with E-state index in [9.17, 15) is 0 Å². The standard InChI is InChI=1S/Ca.60H2O.2H/h;60*1H2;;/q+2;;;;;;;;;;;;;;;;;;;;;;;;;;;;;;;;;;;;;;;;;;;;;;;;;;;;;;;;;;;;;2*-1. The molecule has 0 saturated heterocycles. The molecule has 0 aliphatic rings. The van der Waals surface area contributed by atoms with E-state index in [0.717, 1.165) is 0 Å². The maximum absolute atomic E-state index is 0. The first-order chi connectivity index (χ1) is 0. The number of hydrogen-bond donors (Lipinski definition) is 0. The molecule has 0 aromatic rings. The Labute approximate surface area is 369 Å². The van der Waals surface area contributed by atoms with Gasteiger partial charge in [-0.05, 0) is 0 Å². The van der Waals surface area contributed by atoms with Gasteiger partial charge in [-0.15, -0.1) is 0 Å². The van der Waals surface area contributed by atoms with Crippen LogP contribution < -0.4 is 0 Å². The minimum atomic E-state index is 0. The summed E-state index contributed by atoms with van der Waals surface area (Å²) in [4.78, 5) is 0. The molecule has 0 aliphatic carbocycles. The van der Waals surface area contributed by atoms with E-state index in [2.05, 4.69) is 0 Å². The van der Waals surface area contributed by atoms with Crippen LogP contribution in [0.25, 0.3) is 0 Å². The molecule has 61 heavy (non-hydrogen) atoms. The van der Waals surface area contributed by atoms with Crippen LogP contribution in [0.2, 0.25) is 0 Å². The van der Waals surface area contributed by atoms with Gasteiger partial charge in [0.15, 0.2) is 0 Å². The summed E-state index contributed by atoms with van der Waals surface area (Å²) in [6, 6.07) is 0. The second-order valence-corrected chi connectivity index (χ2v) is 0. The molecule has 0 amide bonds. The van der Waals surface area contributed by atoms with Gasteiger partial charge in [0.2, 0.25) is 0 Å². The van der Waals surface area contributed by atoms with Crippen molar-refractivity contribution in [1.82, 2.24) is 0 Å². The van der Waals surface area contributed by atoms with Crippen molar-refractivity contribution in [3.05, 3.63) is 0 Å². The van der Waals surface area contributed by atoms with Crippen molar-refractivity contribution < 1.29 is 331 Å². The molecular formula is H122CaO60. The zero-order valence-corrected chi connectivity index (χ0v) is 32.9. The quantitative estimate of drug-likeness (QED) is 0.204. The van der Waals surface area contributed by atoms with Crippen molar-refractivity contribution >= 4 is 37.7 Å². The van der Waals surface area contributed by atoms with Gasteiger partial charge in [-0.3, -0.25) is 0 Å². The van der Waals surface area contributed by atoms with Crippen molar-refractivity contribution in [3.63, 3.8) is 0 Å². The average molecular weight is 1120 g/mol. The fourth-order valence-corrected chi connectivity index (χ4v) is 0. The summed E-state index contributed by atoms with van der Waals surface area (Å²) in [5.74, 6) is 0. The molecule has 0 radical (unpaired) electrons. The molecule has 0 fully saturated rings. The molecule has 61 heteroatoms. The van der Waals surface area contributed by atoms with E-state index in [1.807, 2.05) is 0 Å². The van der Waals surface area contributed by atoms with Crippen LogP contribution in [0, 0.1) is 0 Å². The van der Waals surface area contributed by atoms with Crippen LogP contribution in [0.5, 0.6) is 0 Å². The molecular weight excluding hydrogens is 1000 g/mol. The van der Waals surface area contributed by atoms with E-state index < -0.39 is 0 Å². The molecule has 0 aliphatic heterocycles. The molecule has 0 unspecified atom stereocenters. The molecule has 0 aromatic heterocycles. The van der Waals surface area contributed by atoms with E-state index in [0.29, 0.717) is 0 Å². The minimum absolute atomic E-state index is 0. The van der Waals surface area contributed by atoms with Crippen molar-refractivity contribution in [3.8, 4) is 0 Å². The molecule has 484 valence electrons. The van der Waals surface area contributed by atoms with Gasteiger partial charge in [-0.1, -0.05) is 0 Å². The predicted molar refractivity (Wildman–Crippen MR) is 225 cm³/mol. The molecule has 0 aromatic carbocycles. The predicted octanol–water partition coefficient (Wildman–Crippen LogP) is -49.6. The Kier molecular flexibility index (Phi) is 396000000. The van der Waals surface area contributed by atoms with Gasteiger partial charge in [0.25, 0.3) is 0 Å². The first-order valence-corrected chi connectivity index (χ1v) is 0. The molecule has 0 heterocycles. The van der Waals surface area contributed by atoms with Gasteiger partial charge in [-0.2, -0.15) is 0 Å². The third-order valence-corrected chi connectivity index (χ3v) is 0. The fraction of sp³-hybridized carbons (Fsp3) is 0. The van der Waals surface area contributed by atoms with E-state index in [1.54, 1.807) is 0 Å². The van der Waals surface area contributed by atoms with Gasteiger partial charge < -0.3 is 331 Å². The topological polar surface area (TPSA) is 1890 Å². The van der Waals surface area contributed by atoms with Crippen LogP contribution in [0.1, 0.15) is 2.85 Å². The average Bonchev–Trinajstić information content (AvgIpc) is 0. The van der Waals surface area contributed by atoms with E-state index in [1.165, 1.54) is 0 Å². The van der Waals surface area contributed by atoms with Crippen LogP contribution in [0.4, 0.5) is 0 Å². The number of rotatable bonds is 0. The Morgan fingerprint density at radius 1 is 0.0492 bits per heavy atom. The van der Waals surface area contributed by atoms with Crippen LogP contribution in [-0.4, -0.2) is 366 Å². The summed E-state index contributed by atoms with van der Waals surface area (Å²) in [6.07, 6.45) is 0.